The summed E-state index contributed by atoms with van der Waals surface area (Å²) in [4.78, 5) is 43.3. The molecule has 3 unspecified atom stereocenters. The van der Waals surface area contributed by atoms with Crippen molar-refractivity contribution in [1.82, 2.24) is 20.5 Å². The van der Waals surface area contributed by atoms with Gasteiger partial charge in [0.15, 0.2) is 11.6 Å². The molecule has 2 aliphatic heterocycles. The smallest absolute Gasteiger partial charge is 0.243 e. The normalized spacial score (nSPS) is 19.8. The minimum Gasteiger partial charge on any atom is -0.491 e. The van der Waals surface area contributed by atoms with Gasteiger partial charge < -0.3 is 31.1 Å². The predicted octanol–water partition coefficient (Wildman–Crippen LogP) is 1.23. The van der Waals surface area contributed by atoms with Crippen molar-refractivity contribution in [2.45, 2.75) is 70.2 Å². The van der Waals surface area contributed by atoms with Crippen LogP contribution >= 0.6 is 0 Å². The van der Waals surface area contributed by atoms with Crippen molar-refractivity contribution in [2.24, 2.45) is 5.73 Å². The van der Waals surface area contributed by atoms with Crippen LogP contribution in [-0.2, 0) is 33.8 Å². The number of aryl methyl sites for hydroxylation is 1. The van der Waals surface area contributed by atoms with Gasteiger partial charge in [-0.25, -0.2) is 4.39 Å². The molecule has 2 aliphatic rings. The van der Waals surface area contributed by atoms with Crippen molar-refractivity contribution < 1.29 is 28.6 Å². The maximum Gasteiger partial charge on any atom is 0.243 e. The molecule has 0 spiro atoms. The number of ether oxygens (including phenoxy) is 1. The number of likely N-dealkylation sites (N-methyl/N-ethyl adjacent to an activating group) is 1. The molecular weight excluding hydrogens is 505 g/mol. The average molecular weight is 544 g/mol. The van der Waals surface area contributed by atoms with Gasteiger partial charge >= 0.3 is 0 Å². The molecule has 1 aromatic carbocycles. The highest BCUT2D eigenvalue weighted by Gasteiger charge is 2.32. The fourth-order valence-electron chi connectivity index (χ4n) is 4.45. The summed E-state index contributed by atoms with van der Waals surface area (Å²) in [5, 5.41) is 17.0. The van der Waals surface area contributed by atoms with E-state index in [4.69, 9.17) is 10.5 Å². The van der Waals surface area contributed by atoms with Crippen molar-refractivity contribution in [3.05, 3.63) is 59.2 Å². The van der Waals surface area contributed by atoms with Gasteiger partial charge in [-0.3, -0.25) is 19.4 Å². The van der Waals surface area contributed by atoms with Gasteiger partial charge in [0.25, 0.3) is 0 Å². The number of carbonyl (C=O) groups is 3. The number of pyridine rings is 1. The Bertz CT molecular complexity index is 1150. The monoisotopic (exact) mass is 543 g/mol. The number of aromatic nitrogens is 1. The van der Waals surface area contributed by atoms with E-state index >= 15 is 0 Å². The standard InChI is InChI=1S/C28H38FN5O5/c1-3-18-10-20(15-31-14-18)16-32-17-24(35)22-12-19-7-8-25(21(29)11-19)39-9-5-4-6-27(37)34(2)23(13-26(30)36)28(38)33-22/h7-8,10-11,14-15,22-24,32,35H,3-6,9,12-13,16-17H2,1-2H3,(H2,30,36)(H,33,38). The van der Waals surface area contributed by atoms with Crippen LogP contribution < -0.4 is 21.1 Å². The largest absolute Gasteiger partial charge is 0.491 e. The Balaban J connectivity index is 1.82. The summed E-state index contributed by atoms with van der Waals surface area (Å²) in [6.45, 7) is 2.82. The number of nitrogens with one attached hydrogen (secondary N) is 2. The highest BCUT2D eigenvalue weighted by atomic mass is 19.1. The second-order valence-corrected chi connectivity index (χ2v) is 9.83. The van der Waals surface area contributed by atoms with E-state index in [9.17, 15) is 23.9 Å². The number of hydrogen-bond acceptors (Lipinski definition) is 7. The fraction of sp³-hybridized carbons (Fsp3) is 0.500. The lowest BCUT2D eigenvalue weighted by Gasteiger charge is -2.31. The summed E-state index contributed by atoms with van der Waals surface area (Å²) in [7, 11) is 1.45. The highest BCUT2D eigenvalue weighted by molar-refractivity contribution is 5.91. The van der Waals surface area contributed by atoms with Crippen LogP contribution in [0.5, 0.6) is 5.75 Å². The number of nitrogens with two attached hydrogens (primary N) is 1. The number of halogens is 1. The van der Waals surface area contributed by atoms with Crippen molar-refractivity contribution in [3.8, 4) is 5.75 Å². The first-order chi connectivity index (χ1) is 18.7. The number of hydrogen-bond donors (Lipinski definition) is 4. The van der Waals surface area contributed by atoms with E-state index in [2.05, 4.69) is 15.6 Å². The number of amides is 3. The summed E-state index contributed by atoms with van der Waals surface area (Å²) in [6.07, 6.45) is 4.11. The molecule has 2 bridgehead atoms. The van der Waals surface area contributed by atoms with E-state index < -0.39 is 35.8 Å². The highest BCUT2D eigenvalue weighted by Crippen LogP contribution is 2.21. The zero-order valence-electron chi connectivity index (χ0n) is 22.5. The van der Waals surface area contributed by atoms with Gasteiger partial charge in [-0.1, -0.05) is 19.1 Å². The van der Waals surface area contributed by atoms with E-state index in [1.165, 1.54) is 24.1 Å². The molecule has 2 aromatic rings. The topological polar surface area (TPSA) is 147 Å². The molecule has 0 saturated heterocycles. The third-order valence-electron chi connectivity index (χ3n) is 6.79. The molecule has 1 aromatic heterocycles. The summed E-state index contributed by atoms with van der Waals surface area (Å²) in [6, 6.07) is 4.53. The molecule has 3 heterocycles. The second-order valence-electron chi connectivity index (χ2n) is 9.83. The van der Waals surface area contributed by atoms with Crippen molar-refractivity contribution >= 4 is 17.7 Å². The van der Waals surface area contributed by atoms with Crippen molar-refractivity contribution in [1.29, 1.82) is 0 Å². The average Bonchev–Trinajstić information content (AvgIpc) is 2.91. The molecule has 0 fully saturated rings. The third kappa shape index (κ3) is 9.00. The van der Waals surface area contributed by atoms with Crippen LogP contribution in [0, 0.1) is 5.82 Å². The molecule has 0 aliphatic carbocycles. The van der Waals surface area contributed by atoms with Gasteiger partial charge in [0.2, 0.25) is 17.7 Å². The first-order valence-corrected chi connectivity index (χ1v) is 13.2. The number of aliphatic hydroxyl groups is 1. The number of carbonyl (C=O) groups excluding carboxylic acids is 3. The number of nitrogens with zero attached hydrogens (tertiary/aromatic N) is 2. The van der Waals surface area contributed by atoms with Gasteiger partial charge in [-0.2, -0.15) is 0 Å². The Morgan fingerprint density at radius 3 is 2.77 bits per heavy atom. The molecule has 0 saturated carbocycles. The van der Waals surface area contributed by atoms with Crippen LogP contribution in [0.1, 0.15) is 49.3 Å². The Kier molecular flexibility index (Phi) is 11.2. The Morgan fingerprint density at radius 1 is 1.28 bits per heavy atom. The predicted molar refractivity (Wildman–Crippen MR) is 143 cm³/mol. The molecule has 39 heavy (non-hydrogen) atoms. The molecule has 3 atom stereocenters. The summed E-state index contributed by atoms with van der Waals surface area (Å²) < 4.78 is 20.3. The molecule has 3 amide bonds. The summed E-state index contributed by atoms with van der Waals surface area (Å²) in [5.74, 6) is -2.15. The lowest BCUT2D eigenvalue weighted by Crippen LogP contribution is -2.55. The quantitative estimate of drug-likeness (QED) is 0.392. The van der Waals surface area contributed by atoms with Crippen molar-refractivity contribution in [2.75, 3.05) is 20.2 Å². The van der Waals surface area contributed by atoms with Crippen LogP contribution in [0.2, 0.25) is 0 Å². The zero-order valence-corrected chi connectivity index (χ0v) is 22.5. The van der Waals surface area contributed by atoms with Gasteiger partial charge in [0, 0.05) is 39.0 Å². The van der Waals surface area contributed by atoms with Gasteiger partial charge in [0.1, 0.15) is 6.04 Å². The van der Waals surface area contributed by atoms with Crippen LogP contribution in [0.3, 0.4) is 0 Å². The Labute approximate surface area is 228 Å². The molecule has 212 valence electrons. The van der Waals surface area contributed by atoms with Crippen molar-refractivity contribution in [3.63, 3.8) is 0 Å². The van der Waals surface area contributed by atoms with Crippen LogP contribution in [0.25, 0.3) is 0 Å². The van der Waals surface area contributed by atoms with Gasteiger partial charge in [-0.15, -0.1) is 0 Å². The number of aliphatic hydroxyl groups excluding tert-OH is 1. The van der Waals surface area contributed by atoms with E-state index in [-0.39, 0.29) is 44.1 Å². The zero-order chi connectivity index (χ0) is 28.4. The molecule has 10 nitrogen and oxygen atoms in total. The Morgan fingerprint density at radius 2 is 2.05 bits per heavy atom. The minimum absolute atomic E-state index is 0.0968. The maximum atomic E-state index is 14.7. The number of primary amides is 1. The minimum atomic E-state index is -1.15. The number of fused-ring (bicyclic) bond motifs is 13. The van der Waals surface area contributed by atoms with E-state index in [0.29, 0.717) is 24.9 Å². The molecule has 4 rings (SSSR count). The van der Waals surface area contributed by atoms with Gasteiger partial charge in [-0.05, 0) is 54.5 Å². The lowest BCUT2D eigenvalue weighted by atomic mass is 9.99. The fourth-order valence-corrected chi connectivity index (χ4v) is 4.45. The molecule has 5 N–H and O–H groups in total. The lowest BCUT2D eigenvalue weighted by molar-refractivity contribution is -0.141. The molecule has 11 heteroatoms. The second kappa shape index (κ2) is 14.5. The van der Waals surface area contributed by atoms with Crippen LogP contribution in [-0.4, -0.2) is 71.1 Å². The van der Waals surface area contributed by atoms with Gasteiger partial charge in [0.05, 0.1) is 25.2 Å². The summed E-state index contributed by atoms with van der Waals surface area (Å²) in [5.41, 5.74) is 7.96. The van der Waals surface area contributed by atoms with Crippen LogP contribution in [0.15, 0.2) is 36.7 Å². The first kappa shape index (κ1) is 30.0. The van der Waals surface area contributed by atoms with Crippen LogP contribution in [0.4, 0.5) is 4.39 Å². The SMILES string of the molecule is CCc1cncc(CNCC(O)C2Cc3ccc(c(F)c3)OCCCCC(=O)N(C)C(CC(N)=O)C(=O)N2)c1. The first-order valence-electron chi connectivity index (χ1n) is 13.2. The number of rotatable bonds is 8. The Hall–Kier alpha value is -3.57. The molecular formula is C28H38FN5O5. The summed E-state index contributed by atoms with van der Waals surface area (Å²) >= 11 is 0. The number of benzene rings is 1. The van der Waals surface area contributed by atoms with E-state index in [1.54, 1.807) is 18.5 Å². The third-order valence-corrected chi connectivity index (χ3v) is 6.79. The van der Waals surface area contributed by atoms with E-state index in [0.717, 1.165) is 17.5 Å². The maximum absolute atomic E-state index is 14.7. The van der Waals surface area contributed by atoms with E-state index in [1.807, 2.05) is 13.0 Å². The molecule has 0 radical (unpaired) electrons.